The first-order chi connectivity index (χ1) is 13.0. The highest BCUT2D eigenvalue weighted by Gasteiger charge is 2.19. The molecule has 3 aromatic rings. The minimum atomic E-state index is -0.506. The third-order valence-electron chi connectivity index (χ3n) is 3.93. The first-order valence-electron chi connectivity index (χ1n) is 8.03. The number of aromatic nitrogens is 2. The van der Waals surface area contributed by atoms with Gasteiger partial charge in [-0.25, -0.2) is 15.4 Å². The van der Waals surface area contributed by atoms with Gasteiger partial charge in [-0.1, -0.05) is 17.7 Å². The SMILES string of the molecule is Cc1cn2c(/C=N/NC3=NCCN3)c(-c3ccc(Cl)c([N+](=O)[O-])c3)nc2s1. The Bertz CT molecular complexity index is 1100. The summed E-state index contributed by atoms with van der Waals surface area (Å²) in [6.07, 6.45) is 3.58. The minimum Gasteiger partial charge on any atom is -0.353 e. The molecule has 0 saturated carbocycles. The van der Waals surface area contributed by atoms with E-state index < -0.39 is 4.92 Å². The lowest BCUT2D eigenvalue weighted by Gasteiger charge is -2.03. The van der Waals surface area contributed by atoms with Gasteiger partial charge in [-0.05, 0) is 13.0 Å². The van der Waals surface area contributed by atoms with E-state index in [2.05, 4.69) is 25.8 Å². The number of guanidine groups is 1. The number of nitrogens with one attached hydrogen (secondary N) is 2. The summed E-state index contributed by atoms with van der Waals surface area (Å²) in [5.41, 5.74) is 4.58. The summed E-state index contributed by atoms with van der Waals surface area (Å²) < 4.78 is 1.91. The fourth-order valence-corrected chi connectivity index (χ4v) is 3.75. The fourth-order valence-electron chi connectivity index (χ4n) is 2.74. The topological polar surface area (TPSA) is 109 Å². The zero-order valence-electron chi connectivity index (χ0n) is 14.1. The van der Waals surface area contributed by atoms with E-state index in [9.17, 15) is 10.1 Å². The third-order valence-corrected chi connectivity index (χ3v) is 5.14. The van der Waals surface area contributed by atoms with E-state index in [1.165, 1.54) is 23.5 Å². The Labute approximate surface area is 162 Å². The van der Waals surface area contributed by atoms with E-state index >= 15 is 0 Å². The standard InChI is InChI=1S/C16H14ClN7O2S/c1-9-8-23-13(7-20-22-15-18-4-5-19-15)14(21-16(23)27-9)10-2-3-11(17)12(6-10)24(25)26/h2-3,6-8H,4-5H2,1H3,(H2,18,19,22)/b20-7+. The molecule has 138 valence electrons. The van der Waals surface area contributed by atoms with Crippen molar-refractivity contribution in [1.29, 1.82) is 0 Å². The Morgan fingerprint density at radius 3 is 3.11 bits per heavy atom. The van der Waals surface area contributed by atoms with Crippen molar-refractivity contribution in [1.82, 2.24) is 20.1 Å². The van der Waals surface area contributed by atoms with Gasteiger partial charge >= 0.3 is 0 Å². The number of rotatable bonds is 4. The number of hydrogen-bond acceptors (Lipinski definition) is 8. The second-order valence-electron chi connectivity index (χ2n) is 5.79. The summed E-state index contributed by atoms with van der Waals surface area (Å²) in [6, 6.07) is 4.64. The number of hydrogen-bond donors (Lipinski definition) is 2. The summed E-state index contributed by atoms with van der Waals surface area (Å²) in [6.45, 7) is 3.47. The fraction of sp³-hybridized carbons (Fsp3) is 0.188. The second kappa shape index (κ2) is 6.97. The van der Waals surface area contributed by atoms with Crippen LogP contribution < -0.4 is 10.7 Å². The van der Waals surface area contributed by atoms with Crippen LogP contribution >= 0.6 is 22.9 Å². The lowest BCUT2D eigenvalue weighted by molar-refractivity contribution is -0.384. The van der Waals surface area contributed by atoms with Gasteiger partial charge in [-0.3, -0.25) is 14.5 Å². The lowest BCUT2D eigenvalue weighted by atomic mass is 10.1. The number of fused-ring (bicyclic) bond motifs is 1. The van der Waals surface area contributed by atoms with Crippen LogP contribution in [0.4, 0.5) is 5.69 Å². The quantitative estimate of drug-likeness (QED) is 0.395. The number of nitro groups is 1. The number of nitro benzene ring substituents is 1. The molecule has 0 amide bonds. The smallest absolute Gasteiger partial charge is 0.288 e. The molecule has 1 aromatic carbocycles. The maximum Gasteiger partial charge on any atom is 0.288 e. The van der Waals surface area contributed by atoms with Gasteiger partial charge in [0, 0.05) is 29.2 Å². The van der Waals surface area contributed by atoms with Crippen LogP contribution in [0.5, 0.6) is 0 Å². The third kappa shape index (κ3) is 3.36. The van der Waals surface area contributed by atoms with Crippen LogP contribution in [0.2, 0.25) is 5.02 Å². The Morgan fingerprint density at radius 1 is 1.52 bits per heavy atom. The number of aliphatic imine (C=N–C) groups is 1. The van der Waals surface area contributed by atoms with Crippen LogP contribution in [-0.4, -0.2) is 39.6 Å². The Hall–Kier alpha value is -2.98. The van der Waals surface area contributed by atoms with Crippen molar-refractivity contribution in [2.45, 2.75) is 6.92 Å². The number of imidazole rings is 1. The molecule has 0 atom stereocenters. The highest BCUT2D eigenvalue weighted by molar-refractivity contribution is 7.17. The molecule has 0 radical (unpaired) electrons. The zero-order chi connectivity index (χ0) is 19.0. The summed E-state index contributed by atoms with van der Waals surface area (Å²) in [5, 5.41) is 18.6. The molecule has 0 unspecified atom stereocenters. The molecule has 0 spiro atoms. The first-order valence-corrected chi connectivity index (χ1v) is 9.22. The van der Waals surface area contributed by atoms with Crippen molar-refractivity contribution in [3.8, 4) is 11.3 Å². The molecule has 11 heteroatoms. The van der Waals surface area contributed by atoms with Gasteiger partial charge in [0.15, 0.2) is 4.96 Å². The highest BCUT2D eigenvalue weighted by atomic mass is 35.5. The monoisotopic (exact) mass is 403 g/mol. The Balaban J connectivity index is 1.78. The average molecular weight is 404 g/mol. The molecule has 4 rings (SSSR count). The van der Waals surface area contributed by atoms with Crippen molar-refractivity contribution in [3.63, 3.8) is 0 Å². The molecule has 1 aliphatic rings. The van der Waals surface area contributed by atoms with Crippen LogP contribution in [-0.2, 0) is 0 Å². The van der Waals surface area contributed by atoms with Crippen LogP contribution in [0.15, 0.2) is 34.5 Å². The van der Waals surface area contributed by atoms with E-state index in [0.29, 0.717) is 29.5 Å². The van der Waals surface area contributed by atoms with Gasteiger partial charge in [0.05, 0.1) is 29.1 Å². The van der Waals surface area contributed by atoms with Crippen LogP contribution in [0.3, 0.4) is 0 Å². The Morgan fingerprint density at radius 2 is 2.37 bits per heavy atom. The molecule has 0 aliphatic carbocycles. The van der Waals surface area contributed by atoms with Gasteiger partial charge in [-0.15, -0.1) is 11.3 Å². The van der Waals surface area contributed by atoms with E-state index in [4.69, 9.17) is 11.6 Å². The maximum atomic E-state index is 11.2. The minimum absolute atomic E-state index is 0.0859. The number of nitrogens with zero attached hydrogens (tertiary/aromatic N) is 5. The van der Waals surface area contributed by atoms with Crippen LogP contribution in [0, 0.1) is 17.0 Å². The lowest BCUT2D eigenvalue weighted by Crippen LogP contribution is -2.30. The summed E-state index contributed by atoms with van der Waals surface area (Å²) in [5.74, 6) is 0.609. The summed E-state index contributed by atoms with van der Waals surface area (Å²) in [7, 11) is 0. The average Bonchev–Trinajstić information content (AvgIpc) is 3.33. The molecule has 9 nitrogen and oxygen atoms in total. The molecule has 0 fully saturated rings. The molecular weight excluding hydrogens is 390 g/mol. The van der Waals surface area contributed by atoms with E-state index in [0.717, 1.165) is 16.4 Å². The summed E-state index contributed by atoms with van der Waals surface area (Å²) >= 11 is 7.46. The number of benzene rings is 1. The van der Waals surface area contributed by atoms with Crippen molar-refractivity contribution < 1.29 is 4.92 Å². The predicted octanol–water partition coefficient (Wildman–Crippen LogP) is 2.82. The van der Waals surface area contributed by atoms with E-state index in [-0.39, 0.29) is 10.7 Å². The molecule has 3 heterocycles. The molecule has 1 aliphatic heterocycles. The molecule has 2 N–H and O–H groups in total. The number of halogens is 1. The van der Waals surface area contributed by atoms with Crippen molar-refractivity contribution in [2.75, 3.05) is 13.1 Å². The van der Waals surface area contributed by atoms with Gasteiger partial charge in [0.25, 0.3) is 5.69 Å². The molecule has 2 aromatic heterocycles. The zero-order valence-corrected chi connectivity index (χ0v) is 15.7. The van der Waals surface area contributed by atoms with E-state index in [1.807, 2.05) is 17.5 Å². The van der Waals surface area contributed by atoms with Crippen LogP contribution in [0.1, 0.15) is 10.6 Å². The van der Waals surface area contributed by atoms with Crippen molar-refractivity contribution >= 4 is 45.8 Å². The molecule has 0 bridgehead atoms. The normalized spacial score (nSPS) is 13.9. The number of hydrazone groups is 1. The first kappa shape index (κ1) is 17.4. The van der Waals surface area contributed by atoms with Gasteiger partial charge in [0.1, 0.15) is 5.02 Å². The summed E-state index contributed by atoms with van der Waals surface area (Å²) in [4.78, 5) is 21.4. The highest BCUT2D eigenvalue weighted by Crippen LogP contribution is 2.32. The largest absolute Gasteiger partial charge is 0.353 e. The maximum absolute atomic E-state index is 11.2. The number of thiazole rings is 1. The number of aryl methyl sites for hydroxylation is 1. The van der Waals surface area contributed by atoms with Gasteiger partial charge in [0.2, 0.25) is 5.96 Å². The van der Waals surface area contributed by atoms with Crippen LogP contribution in [0.25, 0.3) is 16.2 Å². The van der Waals surface area contributed by atoms with Gasteiger partial charge < -0.3 is 5.32 Å². The molecule has 0 saturated heterocycles. The van der Waals surface area contributed by atoms with Gasteiger partial charge in [-0.2, -0.15) is 5.10 Å². The second-order valence-corrected chi connectivity index (χ2v) is 7.41. The Kier molecular flexibility index (Phi) is 4.50. The van der Waals surface area contributed by atoms with Crippen molar-refractivity contribution in [2.24, 2.45) is 10.1 Å². The van der Waals surface area contributed by atoms with E-state index in [1.54, 1.807) is 12.3 Å². The molecular formula is C16H14ClN7O2S. The predicted molar refractivity (Wildman–Crippen MR) is 106 cm³/mol. The van der Waals surface area contributed by atoms with Crippen molar-refractivity contribution in [3.05, 3.63) is 50.1 Å². The molecule has 27 heavy (non-hydrogen) atoms.